The zero-order chi connectivity index (χ0) is 17.8. The van der Waals surface area contributed by atoms with Crippen LogP contribution in [-0.4, -0.2) is 74.7 Å². The van der Waals surface area contributed by atoms with Gasteiger partial charge in [-0.25, -0.2) is 0 Å². The maximum absolute atomic E-state index is 4.84. The molecule has 0 bridgehead atoms. The number of rotatable bonds is 10. The van der Waals surface area contributed by atoms with Crippen LogP contribution < -0.4 is 10.6 Å². The Balaban J connectivity index is 2.36. The predicted octanol–water partition coefficient (Wildman–Crippen LogP) is 2.39. The summed E-state index contributed by atoms with van der Waals surface area (Å²) in [5.41, 5.74) is 0. The molecule has 0 aliphatic carbocycles. The van der Waals surface area contributed by atoms with Gasteiger partial charge in [0.25, 0.3) is 0 Å². The molecule has 1 saturated heterocycles. The van der Waals surface area contributed by atoms with E-state index in [-0.39, 0.29) is 0 Å². The Bertz CT molecular complexity index is 341. The maximum Gasteiger partial charge on any atom is 0.191 e. The van der Waals surface area contributed by atoms with Gasteiger partial charge in [0.2, 0.25) is 0 Å². The molecule has 2 N–H and O–H groups in total. The summed E-state index contributed by atoms with van der Waals surface area (Å²) in [6.45, 7) is 16.7. The zero-order valence-corrected chi connectivity index (χ0v) is 16.8. The molecule has 0 aromatic heterocycles. The van der Waals surface area contributed by atoms with Crippen molar-refractivity contribution in [3.05, 3.63) is 0 Å². The summed E-state index contributed by atoms with van der Waals surface area (Å²) in [5.74, 6) is 1.69. The fourth-order valence-electron chi connectivity index (χ4n) is 3.43. The van der Waals surface area contributed by atoms with Gasteiger partial charge in [0, 0.05) is 25.7 Å². The average Bonchev–Trinajstić information content (AvgIpc) is 2.57. The summed E-state index contributed by atoms with van der Waals surface area (Å²) in [6, 6.07) is 0.465. The summed E-state index contributed by atoms with van der Waals surface area (Å²) in [6.07, 6.45) is 5.05. The van der Waals surface area contributed by atoms with Crippen LogP contribution in [0.2, 0.25) is 0 Å². The number of guanidine groups is 1. The maximum atomic E-state index is 4.84. The molecule has 0 spiro atoms. The Morgan fingerprint density at radius 1 is 1.29 bits per heavy atom. The molecular weight excluding hydrogens is 298 g/mol. The lowest BCUT2D eigenvalue weighted by Crippen LogP contribution is -2.43. The van der Waals surface area contributed by atoms with E-state index in [9.17, 15) is 0 Å². The number of nitrogens with one attached hydrogen (secondary N) is 2. The van der Waals surface area contributed by atoms with Crippen LogP contribution in [0.15, 0.2) is 4.99 Å². The van der Waals surface area contributed by atoms with Crippen LogP contribution in [0.5, 0.6) is 0 Å². The van der Waals surface area contributed by atoms with Crippen molar-refractivity contribution in [3.8, 4) is 0 Å². The van der Waals surface area contributed by atoms with Gasteiger partial charge in [-0.3, -0.25) is 4.99 Å². The number of likely N-dealkylation sites (tertiary alicyclic amines) is 1. The standard InChI is InChI=1S/C19H41N5/c1-6-20-19(21-15-18-12-10-13-23(5)16-18)22-17(4)11-9-14-24(7-2)8-3/h17-18H,6-16H2,1-5H3,(H2,20,21,22). The van der Waals surface area contributed by atoms with Gasteiger partial charge in [-0.15, -0.1) is 0 Å². The monoisotopic (exact) mass is 339 g/mol. The molecule has 2 atom stereocenters. The number of hydrogen-bond donors (Lipinski definition) is 2. The van der Waals surface area contributed by atoms with E-state index in [4.69, 9.17) is 4.99 Å². The highest BCUT2D eigenvalue weighted by molar-refractivity contribution is 5.80. The largest absolute Gasteiger partial charge is 0.357 e. The highest BCUT2D eigenvalue weighted by Gasteiger charge is 2.17. The molecule has 1 fully saturated rings. The van der Waals surface area contributed by atoms with Crippen molar-refractivity contribution < 1.29 is 0 Å². The van der Waals surface area contributed by atoms with Crippen molar-refractivity contribution >= 4 is 5.96 Å². The molecular formula is C19H41N5. The topological polar surface area (TPSA) is 42.9 Å². The Morgan fingerprint density at radius 2 is 2.04 bits per heavy atom. The second kappa shape index (κ2) is 12.5. The Hall–Kier alpha value is -0.810. The van der Waals surface area contributed by atoms with Crippen LogP contribution in [-0.2, 0) is 0 Å². The van der Waals surface area contributed by atoms with Crippen molar-refractivity contribution in [2.75, 3.05) is 52.9 Å². The van der Waals surface area contributed by atoms with Gasteiger partial charge in [-0.05, 0) is 78.7 Å². The average molecular weight is 340 g/mol. The number of piperidine rings is 1. The summed E-state index contributed by atoms with van der Waals surface area (Å²) < 4.78 is 0. The molecule has 1 heterocycles. The second-order valence-corrected chi connectivity index (χ2v) is 7.20. The molecule has 1 aliphatic rings. The SMILES string of the molecule is CCNC(=NCC1CCCN(C)C1)NC(C)CCCN(CC)CC. The summed E-state index contributed by atoms with van der Waals surface area (Å²) in [7, 11) is 2.22. The van der Waals surface area contributed by atoms with Gasteiger partial charge >= 0.3 is 0 Å². The molecule has 24 heavy (non-hydrogen) atoms. The van der Waals surface area contributed by atoms with Gasteiger partial charge in [-0.2, -0.15) is 0 Å². The minimum Gasteiger partial charge on any atom is -0.357 e. The van der Waals surface area contributed by atoms with Crippen LogP contribution in [0, 0.1) is 5.92 Å². The zero-order valence-electron chi connectivity index (χ0n) is 16.8. The fraction of sp³-hybridized carbons (Fsp3) is 0.947. The first-order valence-corrected chi connectivity index (χ1v) is 10.0. The van der Waals surface area contributed by atoms with Gasteiger partial charge in [0.1, 0.15) is 0 Å². The van der Waals surface area contributed by atoms with Crippen molar-refractivity contribution in [1.82, 2.24) is 20.4 Å². The van der Waals surface area contributed by atoms with Crippen LogP contribution >= 0.6 is 0 Å². The Morgan fingerprint density at radius 3 is 2.67 bits per heavy atom. The van der Waals surface area contributed by atoms with E-state index >= 15 is 0 Å². The van der Waals surface area contributed by atoms with Crippen LogP contribution in [0.3, 0.4) is 0 Å². The molecule has 2 unspecified atom stereocenters. The molecule has 0 saturated carbocycles. The highest BCUT2D eigenvalue weighted by atomic mass is 15.2. The fourth-order valence-corrected chi connectivity index (χ4v) is 3.43. The first-order chi connectivity index (χ1) is 11.6. The molecule has 1 rings (SSSR count). The molecule has 5 heteroatoms. The Labute approximate surface area is 150 Å². The molecule has 1 aliphatic heterocycles. The van der Waals surface area contributed by atoms with Gasteiger partial charge in [0.05, 0.1) is 0 Å². The summed E-state index contributed by atoms with van der Waals surface area (Å²) in [4.78, 5) is 9.77. The minimum absolute atomic E-state index is 0.465. The summed E-state index contributed by atoms with van der Waals surface area (Å²) >= 11 is 0. The molecule has 0 radical (unpaired) electrons. The van der Waals surface area contributed by atoms with Gasteiger partial charge < -0.3 is 20.4 Å². The molecule has 0 amide bonds. The third-order valence-corrected chi connectivity index (χ3v) is 4.96. The van der Waals surface area contributed by atoms with Crippen molar-refractivity contribution in [2.45, 2.75) is 59.4 Å². The molecule has 0 aromatic carbocycles. The number of nitrogens with zero attached hydrogens (tertiary/aromatic N) is 3. The first kappa shape index (κ1) is 21.2. The quantitative estimate of drug-likeness (QED) is 0.474. The Kier molecular flexibility index (Phi) is 11.1. The van der Waals surface area contributed by atoms with E-state index in [2.05, 4.69) is 55.2 Å². The van der Waals surface area contributed by atoms with Gasteiger partial charge in [-0.1, -0.05) is 13.8 Å². The summed E-state index contributed by atoms with van der Waals surface area (Å²) in [5, 5.41) is 6.99. The van der Waals surface area contributed by atoms with Crippen LogP contribution in [0.4, 0.5) is 0 Å². The molecule has 142 valence electrons. The van der Waals surface area contributed by atoms with Crippen molar-refractivity contribution in [3.63, 3.8) is 0 Å². The van der Waals surface area contributed by atoms with E-state index in [0.29, 0.717) is 12.0 Å². The van der Waals surface area contributed by atoms with Crippen LogP contribution in [0.1, 0.15) is 53.4 Å². The lowest BCUT2D eigenvalue weighted by molar-refractivity contribution is 0.214. The van der Waals surface area contributed by atoms with E-state index in [1.165, 1.54) is 45.3 Å². The first-order valence-electron chi connectivity index (χ1n) is 10.0. The minimum atomic E-state index is 0.465. The molecule has 5 nitrogen and oxygen atoms in total. The smallest absolute Gasteiger partial charge is 0.191 e. The van der Waals surface area contributed by atoms with E-state index in [1.807, 2.05) is 0 Å². The van der Waals surface area contributed by atoms with E-state index < -0.39 is 0 Å². The van der Waals surface area contributed by atoms with E-state index in [0.717, 1.165) is 32.1 Å². The number of hydrogen-bond acceptors (Lipinski definition) is 3. The van der Waals surface area contributed by atoms with Crippen molar-refractivity contribution in [1.29, 1.82) is 0 Å². The van der Waals surface area contributed by atoms with Crippen molar-refractivity contribution in [2.24, 2.45) is 10.9 Å². The predicted molar refractivity (Wildman–Crippen MR) is 106 cm³/mol. The molecule has 0 aromatic rings. The van der Waals surface area contributed by atoms with E-state index in [1.54, 1.807) is 0 Å². The van der Waals surface area contributed by atoms with Gasteiger partial charge in [0.15, 0.2) is 5.96 Å². The van der Waals surface area contributed by atoms with Crippen LogP contribution in [0.25, 0.3) is 0 Å². The lowest BCUT2D eigenvalue weighted by atomic mass is 9.99. The lowest BCUT2D eigenvalue weighted by Gasteiger charge is -2.29. The normalized spacial score (nSPS) is 21.1. The third kappa shape index (κ3) is 8.88. The second-order valence-electron chi connectivity index (χ2n) is 7.20. The number of aliphatic imine (C=N–C) groups is 1. The third-order valence-electron chi connectivity index (χ3n) is 4.96. The highest BCUT2D eigenvalue weighted by Crippen LogP contribution is 2.15.